The van der Waals surface area contributed by atoms with E-state index in [9.17, 15) is 9.59 Å². The molecule has 0 aliphatic carbocycles. The Kier molecular flexibility index (Phi) is 7.28. The van der Waals surface area contributed by atoms with Crippen LogP contribution in [0.5, 0.6) is 0 Å². The summed E-state index contributed by atoms with van der Waals surface area (Å²) in [7, 11) is 0. The van der Waals surface area contributed by atoms with Gasteiger partial charge < -0.3 is 15.5 Å². The van der Waals surface area contributed by atoms with E-state index in [4.69, 9.17) is 0 Å². The number of nitrogens with one attached hydrogen (secondary N) is 2. The topological polar surface area (TPSA) is 61.4 Å². The first-order chi connectivity index (χ1) is 14.0. The second kappa shape index (κ2) is 10.1. The van der Waals surface area contributed by atoms with Crippen LogP contribution in [0.4, 0.5) is 11.4 Å². The van der Waals surface area contributed by atoms with Gasteiger partial charge in [-0.1, -0.05) is 24.3 Å². The molecular weight excluding hydrogens is 362 g/mol. The quantitative estimate of drug-likeness (QED) is 0.576. The van der Waals surface area contributed by atoms with Crippen LogP contribution in [0.3, 0.4) is 0 Å². The second-order valence-electron chi connectivity index (χ2n) is 7.78. The first-order valence-corrected chi connectivity index (χ1v) is 10.5. The van der Waals surface area contributed by atoms with E-state index in [2.05, 4.69) is 39.8 Å². The summed E-state index contributed by atoms with van der Waals surface area (Å²) in [5.74, 6) is -1.21. The van der Waals surface area contributed by atoms with Gasteiger partial charge in [0, 0.05) is 31.0 Å². The molecule has 5 nitrogen and oxygen atoms in total. The van der Waals surface area contributed by atoms with E-state index in [-0.39, 0.29) is 0 Å². The summed E-state index contributed by atoms with van der Waals surface area (Å²) < 4.78 is 0. The maximum atomic E-state index is 12.1. The maximum absolute atomic E-state index is 12.1. The van der Waals surface area contributed by atoms with E-state index < -0.39 is 11.8 Å². The van der Waals surface area contributed by atoms with E-state index >= 15 is 0 Å². The number of carbonyl (C=O) groups is 2. The number of aryl methyl sites for hydroxylation is 2. The molecule has 0 saturated carbocycles. The molecule has 0 radical (unpaired) electrons. The summed E-state index contributed by atoms with van der Waals surface area (Å²) in [6.45, 7) is 6.68. The third-order valence-electron chi connectivity index (χ3n) is 5.64. The van der Waals surface area contributed by atoms with E-state index in [1.807, 2.05) is 26.0 Å². The smallest absolute Gasteiger partial charge is 0.313 e. The predicted octanol–water partition coefficient (Wildman–Crippen LogP) is 3.98. The molecule has 0 unspecified atom stereocenters. The van der Waals surface area contributed by atoms with Crippen LogP contribution in [0.25, 0.3) is 0 Å². The zero-order valence-corrected chi connectivity index (χ0v) is 17.5. The fraction of sp³-hybridized carbons (Fsp3) is 0.417. The van der Waals surface area contributed by atoms with Crippen molar-refractivity contribution in [3.63, 3.8) is 0 Å². The average molecular weight is 394 g/mol. The number of amides is 2. The van der Waals surface area contributed by atoms with E-state index in [1.165, 1.54) is 30.5 Å². The van der Waals surface area contributed by atoms with Gasteiger partial charge in [0.1, 0.15) is 0 Å². The minimum atomic E-state index is -0.621. The zero-order valence-electron chi connectivity index (χ0n) is 17.5. The van der Waals surface area contributed by atoms with Crippen molar-refractivity contribution in [1.29, 1.82) is 0 Å². The highest BCUT2D eigenvalue weighted by molar-refractivity contribution is 6.39. The largest absolute Gasteiger partial charge is 0.372 e. The Morgan fingerprint density at radius 2 is 1.66 bits per heavy atom. The van der Waals surface area contributed by atoms with Crippen molar-refractivity contribution in [3.8, 4) is 0 Å². The lowest BCUT2D eigenvalue weighted by Gasteiger charge is -2.28. The molecule has 0 atom stereocenters. The second-order valence-corrected chi connectivity index (χ2v) is 7.78. The molecule has 2 aromatic rings. The molecule has 29 heavy (non-hydrogen) atoms. The molecule has 3 rings (SSSR count). The van der Waals surface area contributed by atoms with Crippen molar-refractivity contribution in [3.05, 3.63) is 59.2 Å². The lowest BCUT2D eigenvalue weighted by atomic mass is 10.1. The number of hydrogen-bond acceptors (Lipinski definition) is 3. The van der Waals surface area contributed by atoms with Gasteiger partial charge in [0.05, 0.1) is 0 Å². The lowest BCUT2D eigenvalue weighted by Crippen LogP contribution is -2.36. The molecule has 1 fully saturated rings. The minimum Gasteiger partial charge on any atom is -0.372 e. The standard InChI is InChI=1S/C24H31N3O2/c1-18-8-6-10-22(19(18)2)26-24(29)23(28)25-15-7-9-20-11-13-21(14-12-20)27-16-4-3-5-17-27/h6,8,10-14H,3-5,7,9,15-17H2,1-2H3,(H,25,28)(H,26,29). The third-order valence-corrected chi connectivity index (χ3v) is 5.64. The Hall–Kier alpha value is -2.82. The molecule has 0 bridgehead atoms. The average Bonchev–Trinajstić information content (AvgIpc) is 2.75. The van der Waals surface area contributed by atoms with Crippen LogP contribution in [0.2, 0.25) is 0 Å². The highest BCUT2D eigenvalue weighted by Gasteiger charge is 2.14. The molecule has 0 aromatic heterocycles. The first kappa shape index (κ1) is 20.9. The number of nitrogens with zero attached hydrogens (tertiary/aromatic N) is 1. The van der Waals surface area contributed by atoms with Crippen LogP contribution >= 0.6 is 0 Å². The van der Waals surface area contributed by atoms with Crippen molar-refractivity contribution in [2.75, 3.05) is 29.9 Å². The number of anilines is 2. The van der Waals surface area contributed by atoms with Gasteiger partial charge >= 0.3 is 11.8 Å². The molecule has 1 saturated heterocycles. The van der Waals surface area contributed by atoms with Gasteiger partial charge in [0.15, 0.2) is 0 Å². The molecule has 1 heterocycles. The van der Waals surface area contributed by atoms with Crippen molar-refractivity contribution >= 4 is 23.2 Å². The molecule has 1 aliphatic rings. The Morgan fingerprint density at radius 3 is 2.38 bits per heavy atom. The van der Waals surface area contributed by atoms with Gasteiger partial charge in [-0.15, -0.1) is 0 Å². The SMILES string of the molecule is Cc1cccc(NC(=O)C(=O)NCCCc2ccc(N3CCCCC3)cc2)c1C. The van der Waals surface area contributed by atoms with E-state index in [1.54, 1.807) is 6.07 Å². The van der Waals surface area contributed by atoms with Crippen molar-refractivity contribution in [1.82, 2.24) is 5.32 Å². The van der Waals surface area contributed by atoms with Gasteiger partial charge in [-0.3, -0.25) is 9.59 Å². The van der Waals surface area contributed by atoms with Crippen LogP contribution in [0, 0.1) is 13.8 Å². The summed E-state index contributed by atoms with van der Waals surface area (Å²) >= 11 is 0. The van der Waals surface area contributed by atoms with Gasteiger partial charge in [0.2, 0.25) is 0 Å². The fourth-order valence-electron chi connectivity index (χ4n) is 3.67. The van der Waals surface area contributed by atoms with Crippen molar-refractivity contribution in [2.24, 2.45) is 0 Å². The van der Waals surface area contributed by atoms with Gasteiger partial charge in [-0.05, 0) is 80.8 Å². The van der Waals surface area contributed by atoms with Crippen LogP contribution in [0.15, 0.2) is 42.5 Å². The highest BCUT2D eigenvalue weighted by Crippen LogP contribution is 2.20. The Balaban J connectivity index is 1.40. The normalized spacial score (nSPS) is 13.8. The summed E-state index contributed by atoms with van der Waals surface area (Å²) in [4.78, 5) is 26.6. The molecule has 2 amide bonds. The van der Waals surface area contributed by atoms with Crippen molar-refractivity contribution in [2.45, 2.75) is 46.0 Å². The number of hydrogen-bond donors (Lipinski definition) is 2. The first-order valence-electron chi connectivity index (χ1n) is 10.5. The van der Waals surface area contributed by atoms with Gasteiger partial charge in [0.25, 0.3) is 0 Å². The summed E-state index contributed by atoms with van der Waals surface area (Å²) in [6, 6.07) is 14.4. The Morgan fingerprint density at radius 1 is 0.931 bits per heavy atom. The highest BCUT2D eigenvalue weighted by atomic mass is 16.2. The number of piperidine rings is 1. The van der Waals surface area contributed by atoms with Crippen LogP contribution in [0.1, 0.15) is 42.4 Å². The van der Waals surface area contributed by atoms with Crippen molar-refractivity contribution < 1.29 is 9.59 Å². The molecule has 1 aliphatic heterocycles. The molecule has 0 spiro atoms. The summed E-state index contributed by atoms with van der Waals surface area (Å²) in [5, 5.41) is 5.40. The number of rotatable bonds is 6. The van der Waals surface area contributed by atoms with Gasteiger partial charge in [-0.25, -0.2) is 0 Å². The predicted molar refractivity (Wildman–Crippen MR) is 118 cm³/mol. The number of carbonyl (C=O) groups excluding carboxylic acids is 2. The molecule has 154 valence electrons. The Bertz CT molecular complexity index is 840. The molecule has 2 aromatic carbocycles. The third kappa shape index (κ3) is 5.83. The summed E-state index contributed by atoms with van der Waals surface area (Å²) in [5.41, 5.74) is 5.28. The van der Waals surface area contributed by atoms with E-state index in [0.717, 1.165) is 37.1 Å². The van der Waals surface area contributed by atoms with Crippen LogP contribution < -0.4 is 15.5 Å². The maximum Gasteiger partial charge on any atom is 0.313 e. The monoisotopic (exact) mass is 393 g/mol. The fourth-order valence-corrected chi connectivity index (χ4v) is 3.67. The summed E-state index contributed by atoms with van der Waals surface area (Å²) in [6.07, 6.45) is 5.56. The lowest BCUT2D eigenvalue weighted by molar-refractivity contribution is -0.136. The van der Waals surface area contributed by atoms with Gasteiger partial charge in [-0.2, -0.15) is 0 Å². The van der Waals surface area contributed by atoms with Crippen LogP contribution in [-0.4, -0.2) is 31.4 Å². The Labute approximate surface area is 173 Å². The molecule has 2 N–H and O–H groups in total. The van der Waals surface area contributed by atoms with Crippen LogP contribution in [-0.2, 0) is 16.0 Å². The molecular formula is C24H31N3O2. The van der Waals surface area contributed by atoms with E-state index in [0.29, 0.717) is 12.2 Å². The minimum absolute atomic E-state index is 0.479. The zero-order chi connectivity index (χ0) is 20.6. The number of benzene rings is 2. The molecule has 5 heteroatoms.